The molecule has 0 aliphatic carbocycles. The van der Waals surface area contributed by atoms with Gasteiger partial charge in [-0.2, -0.15) is 0 Å². The van der Waals surface area contributed by atoms with Crippen LogP contribution in [0.3, 0.4) is 0 Å². The lowest BCUT2D eigenvalue weighted by atomic mass is 10.0. The SMILES string of the molecule is CC(O)C(C)(C)NS(=O)(=O)Cc1cccc(C(=O)O)c1. The Morgan fingerprint density at radius 1 is 1.40 bits per heavy atom. The minimum Gasteiger partial charge on any atom is -0.478 e. The lowest BCUT2D eigenvalue weighted by Gasteiger charge is -2.28. The van der Waals surface area contributed by atoms with Crippen LogP contribution in [0.2, 0.25) is 0 Å². The summed E-state index contributed by atoms with van der Waals surface area (Å²) in [6.07, 6.45) is -0.859. The number of carboxylic acids is 1. The molecule has 0 aromatic heterocycles. The molecule has 1 rings (SSSR count). The van der Waals surface area contributed by atoms with Crippen LogP contribution < -0.4 is 4.72 Å². The van der Waals surface area contributed by atoms with Crippen molar-refractivity contribution in [3.63, 3.8) is 0 Å². The van der Waals surface area contributed by atoms with E-state index in [0.717, 1.165) is 0 Å². The van der Waals surface area contributed by atoms with E-state index in [1.807, 2.05) is 0 Å². The van der Waals surface area contributed by atoms with E-state index in [9.17, 15) is 18.3 Å². The summed E-state index contributed by atoms with van der Waals surface area (Å²) in [6.45, 7) is 4.64. The molecule has 0 spiro atoms. The summed E-state index contributed by atoms with van der Waals surface area (Å²) in [5.74, 6) is -1.45. The Morgan fingerprint density at radius 2 is 2.00 bits per heavy atom. The van der Waals surface area contributed by atoms with E-state index in [4.69, 9.17) is 5.11 Å². The number of sulfonamides is 1. The lowest BCUT2D eigenvalue weighted by molar-refractivity contribution is 0.0696. The Labute approximate surface area is 118 Å². The highest BCUT2D eigenvalue weighted by Crippen LogP contribution is 2.14. The van der Waals surface area contributed by atoms with Gasteiger partial charge in [0.15, 0.2) is 0 Å². The molecule has 0 heterocycles. The van der Waals surface area contributed by atoms with E-state index >= 15 is 0 Å². The van der Waals surface area contributed by atoms with Gasteiger partial charge in [-0.1, -0.05) is 12.1 Å². The molecule has 112 valence electrons. The molecule has 0 fully saturated rings. The second kappa shape index (κ2) is 5.90. The molecule has 0 saturated carbocycles. The van der Waals surface area contributed by atoms with Crippen LogP contribution in [-0.2, 0) is 15.8 Å². The minimum atomic E-state index is -3.68. The van der Waals surface area contributed by atoms with Crippen LogP contribution in [0, 0.1) is 0 Å². The summed E-state index contributed by atoms with van der Waals surface area (Å²) in [7, 11) is -3.68. The van der Waals surface area contributed by atoms with Crippen LogP contribution >= 0.6 is 0 Å². The number of hydrogen-bond acceptors (Lipinski definition) is 4. The Balaban J connectivity index is 2.92. The smallest absolute Gasteiger partial charge is 0.335 e. The van der Waals surface area contributed by atoms with Crippen molar-refractivity contribution in [2.45, 2.75) is 38.2 Å². The van der Waals surface area contributed by atoms with E-state index in [0.29, 0.717) is 5.56 Å². The molecule has 6 nitrogen and oxygen atoms in total. The molecule has 0 amide bonds. The first-order valence-electron chi connectivity index (χ1n) is 6.05. The normalized spacial score (nSPS) is 14.0. The number of carboxylic acid groups (broad SMARTS) is 1. The zero-order valence-corrected chi connectivity index (χ0v) is 12.4. The van der Waals surface area contributed by atoms with Gasteiger partial charge in [0, 0.05) is 0 Å². The highest BCUT2D eigenvalue weighted by atomic mass is 32.2. The van der Waals surface area contributed by atoms with Gasteiger partial charge in [0.25, 0.3) is 0 Å². The number of aliphatic hydroxyl groups is 1. The first-order chi connectivity index (χ1) is 9.03. The molecular formula is C13H19NO5S. The van der Waals surface area contributed by atoms with Crippen molar-refractivity contribution in [3.05, 3.63) is 35.4 Å². The average molecular weight is 301 g/mol. The molecule has 1 atom stereocenters. The van der Waals surface area contributed by atoms with Crippen molar-refractivity contribution in [2.24, 2.45) is 0 Å². The fraction of sp³-hybridized carbons (Fsp3) is 0.462. The third kappa shape index (κ3) is 4.59. The minimum absolute atomic E-state index is 0.0347. The molecule has 0 aliphatic rings. The number of hydrogen-bond donors (Lipinski definition) is 3. The largest absolute Gasteiger partial charge is 0.478 e. The van der Waals surface area contributed by atoms with Gasteiger partial charge >= 0.3 is 5.97 Å². The molecule has 0 bridgehead atoms. The Bertz CT molecular complexity index is 593. The topological polar surface area (TPSA) is 104 Å². The first kappa shape index (κ1) is 16.6. The van der Waals surface area contributed by atoms with Gasteiger partial charge < -0.3 is 10.2 Å². The predicted octanol–water partition coefficient (Wildman–Crippen LogP) is 0.964. The van der Waals surface area contributed by atoms with Crippen molar-refractivity contribution in [1.29, 1.82) is 0 Å². The van der Waals surface area contributed by atoms with Gasteiger partial charge in [-0.3, -0.25) is 0 Å². The molecule has 0 saturated heterocycles. The Kier molecular flexibility index (Phi) is 4.90. The number of rotatable bonds is 6. The first-order valence-corrected chi connectivity index (χ1v) is 7.71. The van der Waals surface area contributed by atoms with Crippen molar-refractivity contribution in [2.75, 3.05) is 0 Å². The van der Waals surface area contributed by atoms with Gasteiger partial charge in [-0.15, -0.1) is 0 Å². The summed E-state index contributed by atoms with van der Waals surface area (Å²) in [5.41, 5.74) is -0.588. The van der Waals surface area contributed by atoms with Crippen LogP contribution in [0.4, 0.5) is 0 Å². The quantitative estimate of drug-likeness (QED) is 0.726. The van der Waals surface area contributed by atoms with Crippen molar-refractivity contribution < 1.29 is 23.4 Å². The average Bonchev–Trinajstić information content (AvgIpc) is 2.26. The number of aliphatic hydroxyl groups excluding tert-OH is 1. The van der Waals surface area contributed by atoms with Crippen LogP contribution in [0.15, 0.2) is 24.3 Å². The molecule has 1 unspecified atom stereocenters. The van der Waals surface area contributed by atoms with E-state index in [2.05, 4.69) is 4.72 Å². The highest BCUT2D eigenvalue weighted by Gasteiger charge is 2.29. The molecule has 3 N–H and O–H groups in total. The summed E-state index contributed by atoms with van der Waals surface area (Å²) >= 11 is 0. The van der Waals surface area contributed by atoms with Gasteiger partial charge in [0.2, 0.25) is 10.0 Å². The number of carbonyl (C=O) groups is 1. The monoisotopic (exact) mass is 301 g/mol. The zero-order chi connectivity index (χ0) is 15.6. The standard InChI is InChI=1S/C13H19NO5S/c1-9(15)13(2,3)14-20(18,19)8-10-5-4-6-11(7-10)12(16)17/h4-7,9,14-15H,8H2,1-3H3,(H,16,17). The maximum absolute atomic E-state index is 12.0. The molecule has 7 heteroatoms. The van der Waals surface area contributed by atoms with Crippen LogP contribution in [0.25, 0.3) is 0 Å². The predicted molar refractivity (Wildman–Crippen MR) is 74.9 cm³/mol. The van der Waals surface area contributed by atoms with E-state index in [1.165, 1.54) is 25.1 Å². The fourth-order valence-electron chi connectivity index (χ4n) is 1.54. The van der Waals surface area contributed by atoms with Crippen molar-refractivity contribution in [3.8, 4) is 0 Å². The molecule has 20 heavy (non-hydrogen) atoms. The van der Waals surface area contributed by atoms with Crippen LogP contribution in [0.5, 0.6) is 0 Å². The summed E-state index contributed by atoms with van der Waals surface area (Å²) in [6, 6.07) is 5.75. The van der Waals surface area contributed by atoms with E-state index < -0.39 is 27.6 Å². The third-order valence-electron chi connectivity index (χ3n) is 2.99. The van der Waals surface area contributed by atoms with E-state index in [1.54, 1.807) is 19.9 Å². The molecule has 0 radical (unpaired) electrons. The summed E-state index contributed by atoms with van der Waals surface area (Å²) in [4.78, 5) is 10.8. The Hall–Kier alpha value is -1.44. The van der Waals surface area contributed by atoms with Gasteiger partial charge in [0.1, 0.15) is 0 Å². The molecular weight excluding hydrogens is 282 g/mol. The van der Waals surface area contributed by atoms with Gasteiger partial charge in [0.05, 0.1) is 23.0 Å². The molecule has 0 aliphatic heterocycles. The van der Waals surface area contributed by atoms with Crippen LogP contribution in [0.1, 0.15) is 36.7 Å². The number of benzene rings is 1. The zero-order valence-electron chi connectivity index (χ0n) is 11.6. The van der Waals surface area contributed by atoms with Crippen molar-refractivity contribution in [1.82, 2.24) is 4.72 Å². The van der Waals surface area contributed by atoms with Crippen LogP contribution in [-0.4, -0.2) is 36.2 Å². The maximum atomic E-state index is 12.0. The number of aromatic carboxylic acids is 1. The summed E-state index contributed by atoms with van der Waals surface area (Å²) < 4.78 is 26.5. The van der Waals surface area contributed by atoms with Gasteiger partial charge in [-0.05, 0) is 38.5 Å². The van der Waals surface area contributed by atoms with Crippen molar-refractivity contribution >= 4 is 16.0 Å². The lowest BCUT2D eigenvalue weighted by Crippen LogP contribution is -2.51. The third-order valence-corrected chi connectivity index (χ3v) is 4.54. The Morgan fingerprint density at radius 3 is 2.50 bits per heavy atom. The summed E-state index contributed by atoms with van der Waals surface area (Å²) in [5, 5.41) is 18.4. The fourth-order valence-corrected chi connectivity index (χ4v) is 3.20. The van der Waals surface area contributed by atoms with E-state index in [-0.39, 0.29) is 11.3 Å². The molecule has 1 aromatic rings. The maximum Gasteiger partial charge on any atom is 0.335 e. The second-order valence-electron chi connectivity index (χ2n) is 5.26. The second-order valence-corrected chi connectivity index (χ2v) is 6.99. The van der Waals surface area contributed by atoms with Gasteiger partial charge in [-0.25, -0.2) is 17.9 Å². The number of nitrogens with one attached hydrogen (secondary N) is 1. The highest BCUT2D eigenvalue weighted by molar-refractivity contribution is 7.88. The molecule has 1 aromatic carbocycles.